The molecule has 0 N–H and O–H groups in total. The molecule has 2 aromatic carbocycles. The molecule has 1 aliphatic rings. The Kier molecular flexibility index (Phi) is 3.08. The standard InChI is InChI=1S/C17H16O2/c1-12(13-7-3-2-4-8-13)17-11-15(18)14-9-5-6-10-16(14)19-17/h2-10,12,17H,11H2,1H3. The van der Waals surface area contributed by atoms with Gasteiger partial charge in [0.25, 0.3) is 0 Å². The van der Waals surface area contributed by atoms with Crippen LogP contribution < -0.4 is 4.74 Å². The van der Waals surface area contributed by atoms with Gasteiger partial charge in [0.05, 0.1) is 5.56 Å². The summed E-state index contributed by atoms with van der Waals surface area (Å²) in [5, 5.41) is 0. The van der Waals surface area contributed by atoms with Crippen LogP contribution in [0.15, 0.2) is 54.6 Å². The number of rotatable bonds is 2. The number of para-hydroxylation sites is 1. The predicted octanol–water partition coefficient (Wildman–Crippen LogP) is 3.82. The summed E-state index contributed by atoms with van der Waals surface area (Å²) in [5.74, 6) is 1.10. The summed E-state index contributed by atoms with van der Waals surface area (Å²) in [6.07, 6.45) is 0.373. The molecule has 2 heteroatoms. The Bertz CT molecular complexity index is 589. The first-order valence-corrected chi connectivity index (χ1v) is 6.59. The molecule has 1 heterocycles. The molecule has 2 unspecified atom stereocenters. The Labute approximate surface area is 113 Å². The number of ether oxygens (including phenoxy) is 1. The van der Waals surface area contributed by atoms with Gasteiger partial charge in [0.1, 0.15) is 11.9 Å². The van der Waals surface area contributed by atoms with E-state index in [0.29, 0.717) is 17.7 Å². The first kappa shape index (κ1) is 12.0. The Morgan fingerprint density at radius 3 is 2.53 bits per heavy atom. The number of Topliss-reactive ketones (excluding diaryl/α,β-unsaturated/α-hetero) is 1. The fourth-order valence-corrected chi connectivity index (χ4v) is 2.55. The van der Waals surface area contributed by atoms with E-state index in [2.05, 4.69) is 19.1 Å². The van der Waals surface area contributed by atoms with Crippen LogP contribution in [-0.2, 0) is 0 Å². The van der Waals surface area contributed by atoms with Gasteiger partial charge >= 0.3 is 0 Å². The minimum atomic E-state index is -0.0789. The lowest BCUT2D eigenvalue weighted by Crippen LogP contribution is -2.31. The van der Waals surface area contributed by atoms with E-state index in [-0.39, 0.29) is 17.8 Å². The van der Waals surface area contributed by atoms with Crippen LogP contribution in [0.25, 0.3) is 0 Å². The van der Waals surface area contributed by atoms with Crippen LogP contribution in [-0.4, -0.2) is 11.9 Å². The lowest BCUT2D eigenvalue weighted by atomic mass is 9.89. The van der Waals surface area contributed by atoms with Gasteiger partial charge in [-0.15, -0.1) is 0 Å². The average Bonchev–Trinajstić information content (AvgIpc) is 2.47. The van der Waals surface area contributed by atoms with Crippen molar-refractivity contribution in [1.82, 2.24) is 0 Å². The normalized spacial score (nSPS) is 19.4. The van der Waals surface area contributed by atoms with Crippen LogP contribution >= 0.6 is 0 Å². The van der Waals surface area contributed by atoms with E-state index >= 15 is 0 Å². The second-order valence-corrected chi connectivity index (χ2v) is 4.98. The highest BCUT2D eigenvalue weighted by Crippen LogP contribution is 2.33. The first-order valence-electron chi connectivity index (χ1n) is 6.59. The molecule has 0 radical (unpaired) electrons. The van der Waals surface area contributed by atoms with Crippen LogP contribution in [0.5, 0.6) is 5.75 Å². The van der Waals surface area contributed by atoms with Crippen molar-refractivity contribution in [2.45, 2.75) is 25.4 Å². The highest BCUT2D eigenvalue weighted by molar-refractivity contribution is 5.99. The summed E-state index contributed by atoms with van der Waals surface area (Å²) in [6.45, 7) is 2.11. The minimum absolute atomic E-state index is 0.0789. The smallest absolute Gasteiger partial charge is 0.170 e. The van der Waals surface area contributed by atoms with E-state index in [1.165, 1.54) is 5.56 Å². The molecule has 0 fully saturated rings. The largest absolute Gasteiger partial charge is 0.489 e. The van der Waals surface area contributed by atoms with Crippen molar-refractivity contribution in [2.75, 3.05) is 0 Å². The topological polar surface area (TPSA) is 26.3 Å². The van der Waals surface area contributed by atoms with E-state index in [9.17, 15) is 4.79 Å². The Morgan fingerprint density at radius 1 is 1.05 bits per heavy atom. The van der Waals surface area contributed by atoms with Gasteiger partial charge in [0.2, 0.25) is 0 Å². The molecule has 2 aromatic rings. The zero-order valence-corrected chi connectivity index (χ0v) is 10.9. The predicted molar refractivity (Wildman–Crippen MR) is 74.7 cm³/mol. The number of ketones is 1. The summed E-state index contributed by atoms with van der Waals surface area (Å²) >= 11 is 0. The van der Waals surface area contributed by atoms with Gasteiger partial charge < -0.3 is 4.74 Å². The van der Waals surface area contributed by atoms with Gasteiger partial charge in [-0.2, -0.15) is 0 Å². The van der Waals surface area contributed by atoms with Crippen molar-refractivity contribution in [2.24, 2.45) is 0 Å². The molecule has 0 saturated carbocycles. The van der Waals surface area contributed by atoms with E-state index in [1.807, 2.05) is 42.5 Å². The fourth-order valence-electron chi connectivity index (χ4n) is 2.55. The molecule has 0 bridgehead atoms. The number of benzene rings is 2. The molecule has 96 valence electrons. The Morgan fingerprint density at radius 2 is 1.74 bits per heavy atom. The molecule has 0 aliphatic carbocycles. The van der Waals surface area contributed by atoms with E-state index in [1.54, 1.807) is 0 Å². The van der Waals surface area contributed by atoms with E-state index < -0.39 is 0 Å². The number of hydrogen-bond acceptors (Lipinski definition) is 2. The summed E-state index contributed by atoms with van der Waals surface area (Å²) < 4.78 is 6.00. The third-order valence-corrected chi connectivity index (χ3v) is 3.74. The summed E-state index contributed by atoms with van der Waals surface area (Å²) in [7, 11) is 0. The maximum atomic E-state index is 12.2. The second kappa shape index (κ2) is 4.88. The van der Waals surface area contributed by atoms with Gasteiger partial charge in [0.15, 0.2) is 5.78 Å². The number of carbonyl (C=O) groups excluding carboxylic acids is 1. The van der Waals surface area contributed by atoms with Crippen LogP contribution in [0.4, 0.5) is 0 Å². The highest BCUT2D eigenvalue weighted by atomic mass is 16.5. The van der Waals surface area contributed by atoms with Gasteiger partial charge in [-0.3, -0.25) is 4.79 Å². The van der Waals surface area contributed by atoms with Crippen molar-refractivity contribution in [3.63, 3.8) is 0 Å². The summed E-state index contributed by atoms with van der Waals surface area (Å²) in [5.41, 5.74) is 1.92. The zero-order valence-electron chi connectivity index (χ0n) is 10.9. The maximum absolute atomic E-state index is 12.2. The fraction of sp³-hybridized carbons (Fsp3) is 0.235. The average molecular weight is 252 g/mol. The quantitative estimate of drug-likeness (QED) is 0.812. The van der Waals surface area contributed by atoms with Gasteiger partial charge in [0, 0.05) is 12.3 Å². The third kappa shape index (κ3) is 2.26. The third-order valence-electron chi connectivity index (χ3n) is 3.74. The molecule has 0 saturated heterocycles. The number of carbonyl (C=O) groups is 1. The van der Waals surface area contributed by atoms with E-state index in [0.717, 1.165) is 0 Å². The minimum Gasteiger partial charge on any atom is -0.489 e. The van der Waals surface area contributed by atoms with Crippen molar-refractivity contribution >= 4 is 5.78 Å². The van der Waals surface area contributed by atoms with Crippen molar-refractivity contribution in [3.8, 4) is 5.75 Å². The van der Waals surface area contributed by atoms with Gasteiger partial charge in [-0.1, -0.05) is 49.4 Å². The molecule has 1 aliphatic heterocycles. The monoisotopic (exact) mass is 252 g/mol. The molecule has 19 heavy (non-hydrogen) atoms. The highest BCUT2D eigenvalue weighted by Gasteiger charge is 2.30. The first-order chi connectivity index (χ1) is 9.25. The lowest BCUT2D eigenvalue weighted by Gasteiger charge is -2.29. The Hall–Kier alpha value is -2.09. The van der Waals surface area contributed by atoms with Crippen LogP contribution in [0.2, 0.25) is 0 Å². The summed E-state index contributed by atoms with van der Waals surface area (Å²) in [6, 6.07) is 17.7. The summed E-state index contributed by atoms with van der Waals surface area (Å²) in [4.78, 5) is 12.2. The number of fused-ring (bicyclic) bond motifs is 1. The molecular formula is C17H16O2. The van der Waals surface area contributed by atoms with Crippen LogP contribution in [0.3, 0.4) is 0 Å². The molecular weight excluding hydrogens is 236 g/mol. The molecule has 2 atom stereocenters. The van der Waals surface area contributed by atoms with Gasteiger partial charge in [-0.25, -0.2) is 0 Å². The van der Waals surface area contributed by atoms with Crippen molar-refractivity contribution in [3.05, 3.63) is 65.7 Å². The van der Waals surface area contributed by atoms with E-state index in [4.69, 9.17) is 4.74 Å². The van der Waals surface area contributed by atoms with Crippen molar-refractivity contribution < 1.29 is 9.53 Å². The Balaban J connectivity index is 1.87. The SMILES string of the molecule is CC(c1ccccc1)C1CC(=O)c2ccccc2O1. The lowest BCUT2D eigenvalue weighted by molar-refractivity contribution is 0.0817. The van der Waals surface area contributed by atoms with Crippen LogP contribution in [0.1, 0.15) is 35.2 Å². The molecule has 0 spiro atoms. The zero-order chi connectivity index (χ0) is 13.2. The molecule has 0 amide bonds. The molecule has 0 aromatic heterocycles. The second-order valence-electron chi connectivity index (χ2n) is 4.98. The molecule has 2 nitrogen and oxygen atoms in total. The molecule has 3 rings (SSSR count). The number of hydrogen-bond donors (Lipinski definition) is 0. The maximum Gasteiger partial charge on any atom is 0.170 e. The van der Waals surface area contributed by atoms with Crippen LogP contribution in [0, 0.1) is 0 Å². The van der Waals surface area contributed by atoms with Gasteiger partial charge in [-0.05, 0) is 17.7 Å². The van der Waals surface area contributed by atoms with Crippen molar-refractivity contribution in [1.29, 1.82) is 0 Å².